The summed E-state index contributed by atoms with van der Waals surface area (Å²) in [6.07, 6.45) is 3.38. The summed E-state index contributed by atoms with van der Waals surface area (Å²) in [5.74, 6) is 0.769. The first-order chi connectivity index (χ1) is 13.0. The van der Waals surface area contributed by atoms with E-state index in [2.05, 4.69) is 25.6 Å². The van der Waals surface area contributed by atoms with Crippen LogP contribution in [0.2, 0.25) is 0 Å². The summed E-state index contributed by atoms with van der Waals surface area (Å²) in [7, 11) is 0. The molecule has 27 heavy (non-hydrogen) atoms. The molecule has 0 fully saturated rings. The summed E-state index contributed by atoms with van der Waals surface area (Å²) in [6.45, 7) is 3.98. The lowest BCUT2D eigenvalue weighted by atomic mass is 10.1. The molecule has 2 heterocycles. The number of aliphatic hydroxyl groups excluding tert-OH is 1. The van der Waals surface area contributed by atoms with Crippen molar-refractivity contribution in [3.8, 4) is 11.3 Å². The maximum atomic E-state index is 13.5. The summed E-state index contributed by atoms with van der Waals surface area (Å²) in [5.41, 5.74) is 2.15. The zero-order valence-corrected chi connectivity index (χ0v) is 15.2. The van der Waals surface area contributed by atoms with E-state index in [1.807, 2.05) is 26.0 Å². The van der Waals surface area contributed by atoms with Gasteiger partial charge in [0.25, 0.3) is 0 Å². The molecule has 0 aliphatic heterocycles. The van der Waals surface area contributed by atoms with Gasteiger partial charge in [0.1, 0.15) is 11.6 Å². The monoisotopic (exact) mass is 367 g/mol. The molecule has 140 valence electrons. The van der Waals surface area contributed by atoms with E-state index in [9.17, 15) is 9.50 Å². The minimum Gasteiger partial charge on any atom is -0.394 e. The Morgan fingerprint density at radius 2 is 1.85 bits per heavy atom. The Kier molecular flexibility index (Phi) is 5.93. The van der Waals surface area contributed by atoms with E-state index < -0.39 is 0 Å². The van der Waals surface area contributed by atoms with Gasteiger partial charge in [0, 0.05) is 29.7 Å². The maximum Gasteiger partial charge on any atom is 0.225 e. The summed E-state index contributed by atoms with van der Waals surface area (Å²) in [4.78, 5) is 13.1. The number of aliphatic hydroxyl groups is 1. The highest BCUT2D eigenvalue weighted by Gasteiger charge is 2.15. The molecule has 3 aromatic rings. The van der Waals surface area contributed by atoms with Gasteiger partial charge in [-0.2, -0.15) is 4.98 Å². The molecule has 0 spiro atoms. The van der Waals surface area contributed by atoms with E-state index in [0.29, 0.717) is 23.1 Å². The Morgan fingerprint density at radius 1 is 1.07 bits per heavy atom. The second kappa shape index (κ2) is 8.55. The molecule has 1 atom stereocenters. The standard InChI is InChI=1S/C20H22FN5O/c1-13(2)18(12-27)25-20-24-17(14-6-8-22-9-7-14)11-19(26-20)23-16-5-3-4-15(21)10-16/h3-11,13,18,27H,12H2,1-2H3,(H2,23,24,25,26)/t18-/m0/s1. The normalized spacial score (nSPS) is 12.0. The van der Waals surface area contributed by atoms with Crippen molar-refractivity contribution in [2.75, 3.05) is 17.2 Å². The van der Waals surface area contributed by atoms with Crippen LogP contribution in [-0.2, 0) is 0 Å². The number of pyridine rings is 1. The number of nitrogens with zero attached hydrogens (tertiary/aromatic N) is 3. The molecule has 0 aliphatic rings. The molecular formula is C20H22FN5O. The van der Waals surface area contributed by atoms with E-state index in [0.717, 1.165) is 5.56 Å². The van der Waals surface area contributed by atoms with Gasteiger partial charge in [0.2, 0.25) is 5.95 Å². The number of benzene rings is 1. The van der Waals surface area contributed by atoms with Crippen molar-refractivity contribution in [3.63, 3.8) is 0 Å². The van der Waals surface area contributed by atoms with Crippen molar-refractivity contribution >= 4 is 17.5 Å². The molecule has 6 nitrogen and oxygen atoms in total. The van der Waals surface area contributed by atoms with Crippen LogP contribution in [0.5, 0.6) is 0 Å². The van der Waals surface area contributed by atoms with Crippen LogP contribution >= 0.6 is 0 Å². The van der Waals surface area contributed by atoms with Crippen LogP contribution < -0.4 is 10.6 Å². The van der Waals surface area contributed by atoms with E-state index in [1.165, 1.54) is 12.1 Å². The number of hydrogen-bond acceptors (Lipinski definition) is 6. The Balaban J connectivity index is 1.97. The third-order valence-corrected chi connectivity index (χ3v) is 4.12. The van der Waals surface area contributed by atoms with Gasteiger partial charge < -0.3 is 15.7 Å². The predicted molar refractivity (Wildman–Crippen MR) is 104 cm³/mol. The van der Waals surface area contributed by atoms with Crippen LogP contribution in [0.3, 0.4) is 0 Å². The average molecular weight is 367 g/mol. The Bertz CT molecular complexity index is 889. The van der Waals surface area contributed by atoms with Crippen LogP contribution in [0.4, 0.5) is 21.8 Å². The van der Waals surface area contributed by atoms with E-state index in [-0.39, 0.29) is 24.4 Å². The highest BCUT2D eigenvalue weighted by atomic mass is 19.1. The molecular weight excluding hydrogens is 345 g/mol. The molecule has 0 aliphatic carbocycles. The van der Waals surface area contributed by atoms with Crippen molar-refractivity contribution in [1.82, 2.24) is 15.0 Å². The topological polar surface area (TPSA) is 83.0 Å². The number of halogens is 1. The van der Waals surface area contributed by atoms with Gasteiger partial charge in [0.15, 0.2) is 0 Å². The first-order valence-electron chi connectivity index (χ1n) is 8.74. The maximum absolute atomic E-state index is 13.5. The Labute approximate surface area is 157 Å². The fourth-order valence-electron chi connectivity index (χ4n) is 2.55. The minimum absolute atomic E-state index is 0.0346. The Morgan fingerprint density at radius 3 is 2.52 bits per heavy atom. The lowest BCUT2D eigenvalue weighted by Crippen LogP contribution is -2.30. The van der Waals surface area contributed by atoms with Gasteiger partial charge in [-0.1, -0.05) is 19.9 Å². The molecule has 0 saturated heterocycles. The van der Waals surface area contributed by atoms with Crippen molar-refractivity contribution < 1.29 is 9.50 Å². The SMILES string of the molecule is CC(C)[C@H](CO)Nc1nc(Nc2cccc(F)c2)cc(-c2ccncc2)n1. The van der Waals surface area contributed by atoms with E-state index in [1.54, 1.807) is 30.6 Å². The van der Waals surface area contributed by atoms with Gasteiger partial charge in [0.05, 0.1) is 18.3 Å². The zero-order valence-electron chi connectivity index (χ0n) is 15.2. The van der Waals surface area contributed by atoms with E-state index in [4.69, 9.17) is 0 Å². The second-order valence-electron chi connectivity index (χ2n) is 6.51. The first-order valence-corrected chi connectivity index (χ1v) is 8.74. The average Bonchev–Trinajstić information content (AvgIpc) is 2.66. The van der Waals surface area contributed by atoms with Crippen LogP contribution in [-0.4, -0.2) is 32.7 Å². The zero-order chi connectivity index (χ0) is 19.2. The fourth-order valence-corrected chi connectivity index (χ4v) is 2.55. The molecule has 0 saturated carbocycles. The molecule has 3 N–H and O–H groups in total. The molecule has 3 rings (SSSR count). The highest BCUT2D eigenvalue weighted by molar-refractivity contribution is 5.67. The van der Waals surface area contributed by atoms with Crippen molar-refractivity contribution in [3.05, 3.63) is 60.7 Å². The summed E-state index contributed by atoms with van der Waals surface area (Å²) >= 11 is 0. The summed E-state index contributed by atoms with van der Waals surface area (Å²) in [5, 5.41) is 15.9. The molecule has 0 radical (unpaired) electrons. The first kappa shape index (κ1) is 18.7. The van der Waals surface area contributed by atoms with Crippen LogP contribution in [0.1, 0.15) is 13.8 Å². The second-order valence-corrected chi connectivity index (χ2v) is 6.51. The van der Waals surface area contributed by atoms with Gasteiger partial charge in [-0.25, -0.2) is 9.37 Å². The summed E-state index contributed by atoms with van der Waals surface area (Å²) in [6, 6.07) is 11.5. The Hall–Kier alpha value is -3.06. The lowest BCUT2D eigenvalue weighted by Gasteiger charge is -2.20. The number of nitrogens with one attached hydrogen (secondary N) is 2. The predicted octanol–water partition coefficient (Wildman–Crippen LogP) is 3.85. The third-order valence-electron chi connectivity index (χ3n) is 4.12. The van der Waals surface area contributed by atoms with Crippen molar-refractivity contribution in [2.45, 2.75) is 19.9 Å². The fraction of sp³-hybridized carbons (Fsp3) is 0.250. The number of anilines is 3. The van der Waals surface area contributed by atoms with Crippen LogP contribution in [0.15, 0.2) is 54.9 Å². The van der Waals surface area contributed by atoms with Crippen molar-refractivity contribution in [1.29, 1.82) is 0 Å². The summed E-state index contributed by atoms with van der Waals surface area (Å²) < 4.78 is 13.5. The van der Waals surface area contributed by atoms with Gasteiger partial charge in [-0.05, 0) is 36.2 Å². The van der Waals surface area contributed by atoms with Gasteiger partial charge in [-0.15, -0.1) is 0 Å². The molecule has 0 unspecified atom stereocenters. The van der Waals surface area contributed by atoms with Gasteiger partial charge >= 0.3 is 0 Å². The van der Waals surface area contributed by atoms with Crippen LogP contribution in [0.25, 0.3) is 11.3 Å². The highest BCUT2D eigenvalue weighted by Crippen LogP contribution is 2.24. The molecule has 7 heteroatoms. The number of rotatable bonds is 7. The quantitative estimate of drug-likeness (QED) is 0.588. The molecule has 2 aromatic heterocycles. The van der Waals surface area contributed by atoms with Crippen molar-refractivity contribution in [2.24, 2.45) is 5.92 Å². The molecule has 0 amide bonds. The molecule has 1 aromatic carbocycles. The van der Waals surface area contributed by atoms with E-state index >= 15 is 0 Å². The number of aromatic nitrogens is 3. The largest absolute Gasteiger partial charge is 0.394 e. The van der Waals surface area contributed by atoms with Gasteiger partial charge in [-0.3, -0.25) is 4.98 Å². The third kappa shape index (κ3) is 4.98. The lowest BCUT2D eigenvalue weighted by molar-refractivity contribution is 0.248. The smallest absolute Gasteiger partial charge is 0.225 e. The molecule has 0 bridgehead atoms. The minimum atomic E-state index is -0.332. The van der Waals surface area contributed by atoms with Crippen LogP contribution in [0, 0.1) is 11.7 Å². The number of hydrogen-bond donors (Lipinski definition) is 3.